The number of carbonyl (C=O) groups excluding carboxylic acids is 1. The monoisotopic (exact) mass is 238 g/mol. The summed E-state index contributed by atoms with van der Waals surface area (Å²) in [6, 6.07) is 13.8. The van der Waals surface area contributed by atoms with E-state index in [1.54, 1.807) is 6.07 Å². The van der Waals surface area contributed by atoms with Crippen molar-refractivity contribution in [3.8, 4) is 5.75 Å². The average molecular weight is 238 g/mol. The molecular weight excluding hydrogens is 224 g/mol. The molecule has 0 amide bonds. The SMILES string of the molecule is O=Cc1ccc2c(c1O)C(c1ccccc1)CC2. The molecule has 2 nitrogen and oxygen atoms in total. The van der Waals surface area contributed by atoms with Gasteiger partial charge in [0.2, 0.25) is 0 Å². The van der Waals surface area contributed by atoms with Crippen LogP contribution in [0.1, 0.15) is 39.4 Å². The van der Waals surface area contributed by atoms with Crippen molar-refractivity contribution in [2.24, 2.45) is 0 Å². The second-order valence-corrected chi connectivity index (χ2v) is 4.70. The molecule has 0 spiro atoms. The van der Waals surface area contributed by atoms with Crippen LogP contribution in [0.4, 0.5) is 0 Å². The maximum absolute atomic E-state index is 10.9. The smallest absolute Gasteiger partial charge is 0.153 e. The number of hydrogen-bond acceptors (Lipinski definition) is 2. The molecule has 0 saturated carbocycles. The van der Waals surface area contributed by atoms with Crippen LogP contribution in [0.25, 0.3) is 0 Å². The number of aryl methyl sites for hydroxylation is 1. The number of phenolic OH excluding ortho intramolecular Hbond substituents is 1. The topological polar surface area (TPSA) is 37.3 Å². The van der Waals surface area contributed by atoms with Crippen LogP contribution in [0.15, 0.2) is 42.5 Å². The molecule has 2 aromatic carbocycles. The fourth-order valence-electron chi connectivity index (χ4n) is 2.83. The minimum absolute atomic E-state index is 0.161. The number of aldehydes is 1. The lowest BCUT2D eigenvalue weighted by atomic mass is 9.91. The number of carbonyl (C=O) groups is 1. The van der Waals surface area contributed by atoms with Crippen LogP contribution >= 0.6 is 0 Å². The van der Waals surface area contributed by atoms with E-state index >= 15 is 0 Å². The molecule has 1 atom stereocenters. The summed E-state index contributed by atoms with van der Waals surface area (Å²) in [5.74, 6) is 0.370. The van der Waals surface area contributed by atoms with E-state index in [1.807, 2.05) is 24.3 Å². The molecule has 90 valence electrons. The first-order valence-corrected chi connectivity index (χ1v) is 6.16. The Morgan fingerprint density at radius 3 is 2.61 bits per heavy atom. The number of fused-ring (bicyclic) bond motifs is 1. The molecule has 1 unspecified atom stereocenters. The first-order valence-electron chi connectivity index (χ1n) is 6.16. The zero-order chi connectivity index (χ0) is 12.5. The Hall–Kier alpha value is -2.09. The molecule has 3 rings (SSSR count). The van der Waals surface area contributed by atoms with Gasteiger partial charge in [0.15, 0.2) is 6.29 Å². The van der Waals surface area contributed by atoms with Crippen LogP contribution in [-0.4, -0.2) is 11.4 Å². The normalized spacial score (nSPS) is 17.4. The lowest BCUT2D eigenvalue weighted by molar-refractivity contribution is 0.112. The highest BCUT2D eigenvalue weighted by Gasteiger charge is 2.28. The zero-order valence-electron chi connectivity index (χ0n) is 9.97. The van der Waals surface area contributed by atoms with E-state index in [2.05, 4.69) is 12.1 Å². The van der Waals surface area contributed by atoms with Crippen LogP contribution in [0.3, 0.4) is 0 Å². The van der Waals surface area contributed by atoms with Gasteiger partial charge in [-0.15, -0.1) is 0 Å². The summed E-state index contributed by atoms with van der Waals surface area (Å²) in [6.45, 7) is 0. The van der Waals surface area contributed by atoms with E-state index in [-0.39, 0.29) is 11.7 Å². The largest absolute Gasteiger partial charge is 0.507 e. The Labute approximate surface area is 106 Å². The summed E-state index contributed by atoms with van der Waals surface area (Å²) >= 11 is 0. The average Bonchev–Trinajstić information content (AvgIpc) is 2.85. The Bertz CT molecular complexity index is 588. The standard InChI is InChI=1S/C16H14O2/c17-10-13-7-6-12-8-9-14(15(12)16(13)18)11-4-2-1-3-5-11/h1-7,10,14,18H,8-9H2. The minimum atomic E-state index is 0.161. The molecule has 0 aromatic heterocycles. The highest BCUT2D eigenvalue weighted by molar-refractivity contribution is 5.81. The molecule has 1 N–H and O–H groups in total. The van der Waals surface area contributed by atoms with Gasteiger partial charge in [-0.05, 0) is 30.0 Å². The van der Waals surface area contributed by atoms with Crippen molar-refractivity contribution >= 4 is 6.29 Å². The number of benzene rings is 2. The van der Waals surface area contributed by atoms with Crippen LogP contribution in [0.5, 0.6) is 5.75 Å². The van der Waals surface area contributed by atoms with Gasteiger partial charge in [-0.1, -0.05) is 36.4 Å². The molecule has 18 heavy (non-hydrogen) atoms. The summed E-state index contributed by atoms with van der Waals surface area (Å²) < 4.78 is 0. The first kappa shape index (κ1) is 11.0. The Morgan fingerprint density at radius 2 is 1.89 bits per heavy atom. The molecule has 1 aliphatic rings. The van der Waals surface area contributed by atoms with E-state index in [1.165, 1.54) is 5.56 Å². The number of aromatic hydroxyl groups is 1. The Morgan fingerprint density at radius 1 is 1.11 bits per heavy atom. The predicted molar refractivity (Wildman–Crippen MR) is 70.1 cm³/mol. The Balaban J connectivity index is 2.14. The van der Waals surface area contributed by atoms with Gasteiger partial charge in [-0.2, -0.15) is 0 Å². The molecule has 2 heteroatoms. The summed E-state index contributed by atoms with van der Waals surface area (Å²) in [4.78, 5) is 10.9. The van der Waals surface area contributed by atoms with Crippen LogP contribution in [0.2, 0.25) is 0 Å². The number of rotatable bonds is 2. The van der Waals surface area contributed by atoms with Gasteiger partial charge < -0.3 is 5.11 Å². The molecular formula is C16H14O2. The zero-order valence-corrected chi connectivity index (χ0v) is 9.97. The van der Waals surface area contributed by atoms with E-state index in [0.717, 1.165) is 30.3 Å². The van der Waals surface area contributed by atoms with Gasteiger partial charge in [0.05, 0.1) is 5.56 Å². The third kappa shape index (κ3) is 1.61. The van der Waals surface area contributed by atoms with Crippen molar-refractivity contribution in [2.75, 3.05) is 0 Å². The van der Waals surface area contributed by atoms with Crippen molar-refractivity contribution in [1.29, 1.82) is 0 Å². The van der Waals surface area contributed by atoms with E-state index in [4.69, 9.17) is 0 Å². The van der Waals surface area contributed by atoms with Crippen LogP contribution < -0.4 is 0 Å². The summed E-state index contributed by atoms with van der Waals surface area (Å²) in [7, 11) is 0. The highest BCUT2D eigenvalue weighted by atomic mass is 16.3. The fraction of sp³-hybridized carbons (Fsp3) is 0.188. The second kappa shape index (κ2) is 4.30. The van der Waals surface area contributed by atoms with E-state index < -0.39 is 0 Å². The third-order valence-electron chi connectivity index (χ3n) is 3.72. The third-order valence-corrected chi connectivity index (χ3v) is 3.72. The molecule has 0 bridgehead atoms. The van der Waals surface area contributed by atoms with Crippen molar-refractivity contribution in [3.05, 3.63) is 64.7 Å². The van der Waals surface area contributed by atoms with Crippen molar-refractivity contribution < 1.29 is 9.90 Å². The quantitative estimate of drug-likeness (QED) is 0.815. The number of phenols is 1. The maximum atomic E-state index is 10.9. The van der Waals surface area contributed by atoms with Crippen LogP contribution in [0, 0.1) is 0 Å². The summed E-state index contributed by atoms with van der Waals surface area (Å²) in [5, 5.41) is 10.2. The van der Waals surface area contributed by atoms with Gasteiger partial charge in [0, 0.05) is 11.5 Å². The van der Waals surface area contributed by atoms with Gasteiger partial charge in [0.1, 0.15) is 5.75 Å². The molecule has 2 aromatic rings. The lowest BCUT2D eigenvalue weighted by Crippen LogP contribution is -1.98. The Kier molecular flexibility index (Phi) is 2.63. The van der Waals surface area contributed by atoms with Gasteiger partial charge in [-0.25, -0.2) is 0 Å². The maximum Gasteiger partial charge on any atom is 0.153 e. The lowest BCUT2D eigenvalue weighted by Gasteiger charge is -2.14. The molecule has 0 saturated heterocycles. The van der Waals surface area contributed by atoms with Crippen molar-refractivity contribution in [1.82, 2.24) is 0 Å². The summed E-state index contributed by atoms with van der Waals surface area (Å²) in [6.07, 6.45) is 2.67. The molecule has 0 heterocycles. The first-order chi connectivity index (χ1) is 8.81. The van der Waals surface area contributed by atoms with Crippen molar-refractivity contribution in [3.63, 3.8) is 0 Å². The fourth-order valence-corrected chi connectivity index (χ4v) is 2.83. The van der Waals surface area contributed by atoms with Crippen LogP contribution in [-0.2, 0) is 6.42 Å². The van der Waals surface area contributed by atoms with Gasteiger partial charge in [-0.3, -0.25) is 4.79 Å². The second-order valence-electron chi connectivity index (χ2n) is 4.70. The summed E-state index contributed by atoms with van der Waals surface area (Å²) in [5.41, 5.74) is 3.68. The van der Waals surface area contributed by atoms with Gasteiger partial charge >= 0.3 is 0 Å². The highest BCUT2D eigenvalue weighted by Crippen LogP contribution is 2.43. The van der Waals surface area contributed by atoms with Crippen molar-refractivity contribution in [2.45, 2.75) is 18.8 Å². The molecule has 0 fully saturated rings. The van der Waals surface area contributed by atoms with Gasteiger partial charge in [0.25, 0.3) is 0 Å². The molecule has 1 aliphatic carbocycles. The number of hydrogen-bond donors (Lipinski definition) is 1. The predicted octanol–water partition coefficient (Wildman–Crippen LogP) is 3.28. The van der Waals surface area contributed by atoms with E-state index in [0.29, 0.717) is 5.56 Å². The van der Waals surface area contributed by atoms with E-state index in [9.17, 15) is 9.90 Å². The molecule has 0 aliphatic heterocycles. The molecule has 0 radical (unpaired) electrons. The minimum Gasteiger partial charge on any atom is -0.507 e.